The number of carbonyl (C=O) groups excluding carboxylic acids is 1. The van der Waals surface area contributed by atoms with E-state index in [2.05, 4.69) is 28.8 Å². The fraction of sp³-hybridized carbons (Fsp3) is 0.462. The average molecular weight is 218 g/mol. The van der Waals surface area contributed by atoms with Gasteiger partial charge in [-0.1, -0.05) is 12.1 Å². The third-order valence-electron chi connectivity index (χ3n) is 2.96. The van der Waals surface area contributed by atoms with Crippen LogP contribution in [0.1, 0.15) is 24.5 Å². The summed E-state index contributed by atoms with van der Waals surface area (Å²) >= 11 is 0. The molecule has 0 atom stereocenters. The van der Waals surface area contributed by atoms with Crippen LogP contribution in [-0.2, 0) is 17.6 Å². The minimum Gasteiger partial charge on any atom is -0.384 e. The summed E-state index contributed by atoms with van der Waals surface area (Å²) in [6, 6.07) is 6.30. The maximum absolute atomic E-state index is 11.4. The lowest BCUT2D eigenvalue weighted by Crippen LogP contribution is -2.22. The maximum Gasteiger partial charge on any atom is 0.220 e. The minimum atomic E-state index is 0.144. The van der Waals surface area contributed by atoms with E-state index in [-0.39, 0.29) is 5.91 Å². The van der Waals surface area contributed by atoms with Crippen molar-refractivity contribution in [3.63, 3.8) is 0 Å². The molecule has 2 rings (SSSR count). The number of amides is 1. The van der Waals surface area contributed by atoms with Crippen LogP contribution in [0.4, 0.5) is 5.69 Å². The topological polar surface area (TPSA) is 41.1 Å². The SMILES string of the molecule is CCNC(=O)CCc1cccc2c1CCN2. The van der Waals surface area contributed by atoms with Gasteiger partial charge in [0, 0.05) is 25.2 Å². The Labute approximate surface area is 96.2 Å². The molecule has 0 saturated heterocycles. The van der Waals surface area contributed by atoms with E-state index < -0.39 is 0 Å². The highest BCUT2D eigenvalue weighted by Crippen LogP contribution is 2.26. The Bertz CT molecular complexity index is 388. The minimum absolute atomic E-state index is 0.144. The van der Waals surface area contributed by atoms with Crippen LogP contribution in [0.5, 0.6) is 0 Å². The van der Waals surface area contributed by atoms with Crippen LogP contribution in [0.3, 0.4) is 0 Å². The van der Waals surface area contributed by atoms with E-state index in [1.54, 1.807) is 0 Å². The van der Waals surface area contributed by atoms with Crippen LogP contribution >= 0.6 is 0 Å². The van der Waals surface area contributed by atoms with Gasteiger partial charge in [-0.05, 0) is 37.0 Å². The molecule has 3 heteroatoms. The van der Waals surface area contributed by atoms with Crippen molar-refractivity contribution in [2.45, 2.75) is 26.2 Å². The van der Waals surface area contributed by atoms with E-state index in [9.17, 15) is 4.79 Å². The molecule has 86 valence electrons. The Balaban J connectivity index is 2.00. The van der Waals surface area contributed by atoms with Crippen LogP contribution in [0.25, 0.3) is 0 Å². The Kier molecular flexibility index (Phi) is 3.44. The van der Waals surface area contributed by atoms with Gasteiger partial charge in [-0.25, -0.2) is 0 Å². The number of benzene rings is 1. The van der Waals surface area contributed by atoms with Gasteiger partial charge in [-0.3, -0.25) is 4.79 Å². The highest BCUT2D eigenvalue weighted by atomic mass is 16.1. The summed E-state index contributed by atoms with van der Waals surface area (Å²) in [5.41, 5.74) is 3.95. The monoisotopic (exact) mass is 218 g/mol. The first-order chi connectivity index (χ1) is 7.81. The molecule has 1 aromatic rings. The number of fused-ring (bicyclic) bond motifs is 1. The molecular weight excluding hydrogens is 200 g/mol. The summed E-state index contributed by atoms with van der Waals surface area (Å²) in [5, 5.41) is 6.18. The molecule has 1 aliphatic rings. The lowest BCUT2D eigenvalue weighted by atomic mass is 10.0. The van der Waals surface area contributed by atoms with Gasteiger partial charge in [0.1, 0.15) is 0 Å². The van der Waals surface area contributed by atoms with E-state index in [4.69, 9.17) is 0 Å². The summed E-state index contributed by atoms with van der Waals surface area (Å²) in [6.07, 6.45) is 2.52. The molecule has 1 amide bonds. The molecule has 0 spiro atoms. The molecule has 1 aliphatic heterocycles. The Morgan fingerprint density at radius 1 is 1.50 bits per heavy atom. The first-order valence-electron chi connectivity index (χ1n) is 5.92. The quantitative estimate of drug-likeness (QED) is 0.808. The van der Waals surface area contributed by atoms with Crippen molar-refractivity contribution in [1.29, 1.82) is 0 Å². The first kappa shape index (κ1) is 11.0. The highest BCUT2D eigenvalue weighted by Gasteiger charge is 2.13. The van der Waals surface area contributed by atoms with Gasteiger partial charge < -0.3 is 10.6 Å². The third-order valence-corrected chi connectivity index (χ3v) is 2.96. The zero-order valence-corrected chi connectivity index (χ0v) is 9.68. The van der Waals surface area contributed by atoms with Crippen molar-refractivity contribution in [3.05, 3.63) is 29.3 Å². The zero-order valence-electron chi connectivity index (χ0n) is 9.68. The molecule has 2 N–H and O–H groups in total. The molecule has 1 heterocycles. The second kappa shape index (κ2) is 5.01. The zero-order chi connectivity index (χ0) is 11.4. The van der Waals surface area contributed by atoms with Crippen molar-refractivity contribution >= 4 is 11.6 Å². The van der Waals surface area contributed by atoms with Gasteiger partial charge in [0.15, 0.2) is 0 Å². The number of hydrogen-bond acceptors (Lipinski definition) is 2. The van der Waals surface area contributed by atoms with Gasteiger partial charge in [0.25, 0.3) is 0 Å². The number of anilines is 1. The predicted molar refractivity (Wildman–Crippen MR) is 65.6 cm³/mol. The second-order valence-electron chi connectivity index (χ2n) is 4.07. The van der Waals surface area contributed by atoms with Gasteiger partial charge in [-0.2, -0.15) is 0 Å². The van der Waals surface area contributed by atoms with Crippen molar-refractivity contribution in [2.75, 3.05) is 18.4 Å². The van der Waals surface area contributed by atoms with Gasteiger partial charge in [-0.15, -0.1) is 0 Å². The lowest BCUT2D eigenvalue weighted by molar-refractivity contribution is -0.120. The Morgan fingerprint density at radius 2 is 2.38 bits per heavy atom. The molecule has 0 aliphatic carbocycles. The molecule has 1 aromatic carbocycles. The normalized spacial score (nSPS) is 13.1. The first-order valence-corrected chi connectivity index (χ1v) is 5.92. The second-order valence-corrected chi connectivity index (χ2v) is 4.07. The fourth-order valence-corrected chi connectivity index (χ4v) is 2.19. The van der Waals surface area contributed by atoms with Crippen molar-refractivity contribution in [2.24, 2.45) is 0 Å². The largest absolute Gasteiger partial charge is 0.384 e. The summed E-state index contributed by atoms with van der Waals surface area (Å²) < 4.78 is 0. The third kappa shape index (κ3) is 2.35. The van der Waals surface area contributed by atoms with Crippen molar-refractivity contribution < 1.29 is 4.79 Å². The van der Waals surface area contributed by atoms with Gasteiger partial charge >= 0.3 is 0 Å². The molecule has 0 radical (unpaired) electrons. The van der Waals surface area contributed by atoms with Crippen LogP contribution in [0.15, 0.2) is 18.2 Å². The summed E-state index contributed by atoms with van der Waals surface area (Å²) in [7, 11) is 0. The van der Waals surface area contributed by atoms with Crippen LogP contribution in [0.2, 0.25) is 0 Å². The van der Waals surface area contributed by atoms with Gasteiger partial charge in [0.05, 0.1) is 0 Å². The molecule has 0 bridgehead atoms. The Morgan fingerprint density at radius 3 is 3.19 bits per heavy atom. The summed E-state index contributed by atoms with van der Waals surface area (Å²) in [6.45, 7) is 3.68. The molecule has 0 aromatic heterocycles. The fourth-order valence-electron chi connectivity index (χ4n) is 2.19. The van der Waals surface area contributed by atoms with Crippen molar-refractivity contribution in [1.82, 2.24) is 5.32 Å². The van der Waals surface area contributed by atoms with Crippen LogP contribution in [-0.4, -0.2) is 19.0 Å². The van der Waals surface area contributed by atoms with E-state index in [1.807, 2.05) is 6.92 Å². The lowest BCUT2D eigenvalue weighted by Gasteiger charge is -2.07. The van der Waals surface area contributed by atoms with Crippen LogP contribution in [0, 0.1) is 0 Å². The number of rotatable bonds is 4. The summed E-state index contributed by atoms with van der Waals surface area (Å²) in [5.74, 6) is 0.144. The predicted octanol–water partition coefficient (Wildman–Crippen LogP) is 1.72. The molecular formula is C13H18N2O. The number of aryl methyl sites for hydroxylation is 1. The van der Waals surface area contributed by atoms with E-state index >= 15 is 0 Å². The molecule has 3 nitrogen and oxygen atoms in total. The van der Waals surface area contributed by atoms with Crippen molar-refractivity contribution in [3.8, 4) is 0 Å². The van der Waals surface area contributed by atoms with E-state index in [0.717, 1.165) is 19.4 Å². The molecule has 16 heavy (non-hydrogen) atoms. The number of nitrogens with one attached hydrogen (secondary N) is 2. The van der Waals surface area contributed by atoms with Crippen LogP contribution < -0.4 is 10.6 Å². The highest BCUT2D eigenvalue weighted by molar-refractivity contribution is 5.76. The average Bonchev–Trinajstić information content (AvgIpc) is 2.75. The number of hydrogen-bond donors (Lipinski definition) is 2. The molecule has 0 saturated carbocycles. The smallest absolute Gasteiger partial charge is 0.220 e. The molecule has 0 unspecified atom stereocenters. The maximum atomic E-state index is 11.4. The standard InChI is InChI=1S/C13H18N2O/c1-2-14-13(16)7-6-10-4-3-5-12-11(10)8-9-15-12/h3-5,15H,2,6-9H2,1H3,(H,14,16). The van der Waals surface area contributed by atoms with E-state index in [1.165, 1.54) is 16.8 Å². The van der Waals surface area contributed by atoms with E-state index in [0.29, 0.717) is 13.0 Å². The Hall–Kier alpha value is -1.51. The summed E-state index contributed by atoms with van der Waals surface area (Å²) in [4.78, 5) is 11.4. The van der Waals surface area contributed by atoms with Gasteiger partial charge in [0.2, 0.25) is 5.91 Å². The number of carbonyl (C=O) groups is 1. The molecule has 0 fully saturated rings.